The number of allylic oxidation sites excluding steroid dienone is 1. The Bertz CT molecular complexity index is 342. The Morgan fingerprint density at radius 2 is 2.13 bits per heavy atom. The summed E-state index contributed by atoms with van der Waals surface area (Å²) in [4.78, 5) is 9.71. The highest BCUT2D eigenvalue weighted by Crippen LogP contribution is 2.15. The van der Waals surface area contributed by atoms with Crippen LogP contribution in [0.3, 0.4) is 0 Å². The van der Waals surface area contributed by atoms with Crippen molar-refractivity contribution in [3.05, 3.63) is 23.6 Å². The van der Waals surface area contributed by atoms with Crippen LogP contribution in [0, 0.1) is 5.92 Å². The molecule has 0 aliphatic carbocycles. The van der Waals surface area contributed by atoms with Gasteiger partial charge in [0.1, 0.15) is 11.6 Å². The van der Waals surface area contributed by atoms with Gasteiger partial charge in [0.2, 0.25) is 5.28 Å². The number of aromatic nitrogens is 2. The van der Waals surface area contributed by atoms with Crippen LogP contribution in [0.15, 0.2) is 18.3 Å². The number of hydrogen-bond acceptors (Lipinski definition) is 4. The lowest BCUT2D eigenvalue weighted by molar-refractivity contribution is 0.825. The summed E-state index contributed by atoms with van der Waals surface area (Å²) >= 11 is 5.70. The molecule has 0 saturated heterocycles. The molecule has 0 fully saturated rings. The zero-order valence-corrected chi connectivity index (χ0v) is 9.86. The van der Waals surface area contributed by atoms with E-state index in [2.05, 4.69) is 29.9 Å². The van der Waals surface area contributed by atoms with Crippen LogP contribution in [0.25, 0.3) is 0 Å². The van der Waals surface area contributed by atoms with Gasteiger partial charge in [-0.1, -0.05) is 19.9 Å². The Hall–Kier alpha value is -1.29. The molecule has 0 saturated carbocycles. The van der Waals surface area contributed by atoms with Crippen LogP contribution in [0.2, 0.25) is 5.28 Å². The lowest BCUT2D eigenvalue weighted by atomic mass is 10.2. The normalized spacial score (nSPS) is 11.3. The topological polar surface area (TPSA) is 55.0 Å². The van der Waals surface area contributed by atoms with E-state index in [-0.39, 0.29) is 5.28 Å². The van der Waals surface area contributed by atoms with Crippen LogP contribution in [-0.2, 0) is 0 Å². The highest BCUT2D eigenvalue weighted by Gasteiger charge is 2.03. The summed E-state index contributed by atoms with van der Waals surface area (Å²) in [5.41, 5.74) is 5.57. The van der Waals surface area contributed by atoms with Gasteiger partial charge in [-0.05, 0) is 17.5 Å². The number of nitrogens with zero attached hydrogens (tertiary/aromatic N) is 3. The number of hydrogen-bond donors (Lipinski definition) is 1. The Balaban J connectivity index is 2.86. The summed E-state index contributed by atoms with van der Waals surface area (Å²) < 4.78 is 0. The Morgan fingerprint density at radius 3 is 2.67 bits per heavy atom. The zero-order valence-electron chi connectivity index (χ0n) is 9.11. The molecule has 0 radical (unpaired) electrons. The molecule has 0 aliphatic rings. The lowest BCUT2D eigenvalue weighted by Crippen LogP contribution is -2.11. The minimum Gasteiger partial charge on any atom is -0.383 e. The SMILES string of the molecule is CC(C)/C=C/N(C)c1cc(N)nc(Cl)n1. The van der Waals surface area contributed by atoms with E-state index in [0.717, 1.165) is 0 Å². The molecular formula is C10H15ClN4. The molecule has 0 aliphatic heterocycles. The molecule has 1 aromatic rings. The monoisotopic (exact) mass is 226 g/mol. The van der Waals surface area contributed by atoms with E-state index in [4.69, 9.17) is 17.3 Å². The minimum absolute atomic E-state index is 0.162. The second-order valence-corrected chi connectivity index (χ2v) is 3.95. The molecular weight excluding hydrogens is 212 g/mol. The predicted octanol–water partition coefficient (Wildman–Crippen LogP) is 2.32. The van der Waals surface area contributed by atoms with Gasteiger partial charge in [-0.25, -0.2) is 9.97 Å². The average molecular weight is 227 g/mol. The van der Waals surface area contributed by atoms with Crippen molar-refractivity contribution in [2.45, 2.75) is 13.8 Å². The minimum atomic E-state index is 0.162. The van der Waals surface area contributed by atoms with Gasteiger partial charge in [0.15, 0.2) is 0 Å². The summed E-state index contributed by atoms with van der Waals surface area (Å²) in [6.45, 7) is 4.21. The summed E-state index contributed by atoms with van der Waals surface area (Å²) in [5, 5.41) is 0.162. The van der Waals surface area contributed by atoms with Gasteiger partial charge in [-0.15, -0.1) is 0 Å². The van der Waals surface area contributed by atoms with Crippen molar-refractivity contribution in [1.29, 1.82) is 0 Å². The zero-order chi connectivity index (χ0) is 11.4. The third kappa shape index (κ3) is 3.75. The summed E-state index contributed by atoms with van der Waals surface area (Å²) in [6.07, 6.45) is 4.00. The fourth-order valence-corrected chi connectivity index (χ4v) is 1.17. The van der Waals surface area contributed by atoms with E-state index in [0.29, 0.717) is 17.6 Å². The van der Waals surface area contributed by atoms with Gasteiger partial charge in [0.25, 0.3) is 0 Å². The highest BCUT2D eigenvalue weighted by molar-refractivity contribution is 6.28. The van der Waals surface area contributed by atoms with Crippen LogP contribution in [0.5, 0.6) is 0 Å². The summed E-state index contributed by atoms with van der Waals surface area (Å²) in [7, 11) is 1.89. The number of nitrogen functional groups attached to an aromatic ring is 1. The van der Waals surface area contributed by atoms with Gasteiger partial charge in [-0.2, -0.15) is 0 Å². The lowest BCUT2D eigenvalue weighted by Gasteiger charge is -2.13. The fraction of sp³-hybridized carbons (Fsp3) is 0.400. The van der Waals surface area contributed by atoms with Crippen LogP contribution >= 0.6 is 11.6 Å². The maximum absolute atomic E-state index is 5.70. The van der Waals surface area contributed by atoms with E-state index in [1.165, 1.54) is 0 Å². The number of rotatable bonds is 3. The molecule has 1 rings (SSSR count). The molecule has 4 nitrogen and oxygen atoms in total. The summed E-state index contributed by atoms with van der Waals surface area (Å²) in [6, 6.07) is 1.68. The first kappa shape index (κ1) is 11.8. The number of anilines is 2. The highest BCUT2D eigenvalue weighted by atomic mass is 35.5. The molecule has 0 amide bonds. The van der Waals surface area contributed by atoms with Gasteiger partial charge in [-0.3, -0.25) is 0 Å². The fourth-order valence-electron chi connectivity index (χ4n) is 0.981. The van der Waals surface area contributed by atoms with E-state index < -0.39 is 0 Å². The molecule has 1 aromatic heterocycles. The smallest absolute Gasteiger partial charge is 0.226 e. The molecule has 0 bridgehead atoms. The van der Waals surface area contributed by atoms with Crippen molar-refractivity contribution in [2.24, 2.45) is 5.92 Å². The first-order chi connectivity index (χ1) is 6.99. The largest absolute Gasteiger partial charge is 0.383 e. The molecule has 2 N–H and O–H groups in total. The average Bonchev–Trinajstić information content (AvgIpc) is 2.12. The van der Waals surface area contributed by atoms with Gasteiger partial charge in [0.05, 0.1) is 0 Å². The van der Waals surface area contributed by atoms with Crippen LogP contribution in [-0.4, -0.2) is 17.0 Å². The van der Waals surface area contributed by atoms with Gasteiger partial charge >= 0.3 is 0 Å². The maximum atomic E-state index is 5.70. The Kier molecular flexibility index (Phi) is 3.91. The van der Waals surface area contributed by atoms with E-state index in [9.17, 15) is 0 Å². The molecule has 15 heavy (non-hydrogen) atoms. The second kappa shape index (κ2) is 4.98. The predicted molar refractivity (Wildman–Crippen MR) is 63.8 cm³/mol. The van der Waals surface area contributed by atoms with E-state index in [1.807, 2.05) is 18.1 Å². The van der Waals surface area contributed by atoms with Crippen molar-refractivity contribution < 1.29 is 0 Å². The molecule has 0 unspecified atom stereocenters. The second-order valence-electron chi connectivity index (χ2n) is 3.62. The molecule has 5 heteroatoms. The van der Waals surface area contributed by atoms with Crippen molar-refractivity contribution in [3.8, 4) is 0 Å². The Labute approximate surface area is 94.8 Å². The van der Waals surface area contributed by atoms with Crippen LogP contribution in [0.1, 0.15) is 13.8 Å². The van der Waals surface area contributed by atoms with Crippen molar-refractivity contribution in [2.75, 3.05) is 17.7 Å². The standard InChI is InChI=1S/C10H15ClN4/c1-7(2)4-5-15(3)9-6-8(12)13-10(11)14-9/h4-7H,1-3H3,(H2,12,13,14)/b5-4+. The quantitative estimate of drug-likeness (QED) is 0.804. The molecule has 1 heterocycles. The molecule has 0 atom stereocenters. The van der Waals surface area contributed by atoms with Gasteiger partial charge in [0, 0.05) is 19.3 Å². The Morgan fingerprint density at radius 1 is 1.47 bits per heavy atom. The van der Waals surface area contributed by atoms with Crippen molar-refractivity contribution in [3.63, 3.8) is 0 Å². The maximum Gasteiger partial charge on any atom is 0.226 e. The van der Waals surface area contributed by atoms with Crippen LogP contribution < -0.4 is 10.6 Å². The van der Waals surface area contributed by atoms with E-state index >= 15 is 0 Å². The molecule has 0 aromatic carbocycles. The third-order valence-electron chi connectivity index (χ3n) is 1.76. The van der Waals surface area contributed by atoms with E-state index in [1.54, 1.807) is 6.07 Å². The van der Waals surface area contributed by atoms with Crippen LogP contribution in [0.4, 0.5) is 11.6 Å². The summed E-state index contributed by atoms with van der Waals surface area (Å²) in [5.74, 6) is 1.54. The molecule has 0 spiro atoms. The van der Waals surface area contributed by atoms with Gasteiger partial charge < -0.3 is 10.6 Å². The molecule has 82 valence electrons. The van der Waals surface area contributed by atoms with Crippen molar-refractivity contribution in [1.82, 2.24) is 9.97 Å². The number of nitrogens with two attached hydrogens (primary N) is 1. The number of halogens is 1. The first-order valence-corrected chi connectivity index (χ1v) is 5.08. The third-order valence-corrected chi connectivity index (χ3v) is 1.93. The first-order valence-electron chi connectivity index (χ1n) is 4.70. The van der Waals surface area contributed by atoms with Crippen molar-refractivity contribution >= 4 is 23.2 Å².